The van der Waals surface area contributed by atoms with Gasteiger partial charge in [-0.1, -0.05) is 0 Å². The predicted molar refractivity (Wildman–Crippen MR) is 71.5 cm³/mol. The molecule has 1 unspecified atom stereocenters. The van der Waals surface area contributed by atoms with E-state index in [2.05, 4.69) is 5.32 Å². The molecule has 0 bridgehead atoms. The third kappa shape index (κ3) is 3.47. The maximum atomic E-state index is 12.6. The summed E-state index contributed by atoms with van der Waals surface area (Å²) in [5, 5.41) is 11.9. The van der Waals surface area contributed by atoms with Gasteiger partial charge < -0.3 is 5.32 Å². The summed E-state index contributed by atoms with van der Waals surface area (Å²) < 4.78 is 60.9. The Morgan fingerprint density at radius 3 is 2.52 bits per heavy atom. The average Bonchev–Trinajstić information content (AvgIpc) is 2.62. The van der Waals surface area contributed by atoms with Gasteiger partial charge in [-0.05, 0) is 31.5 Å². The largest absolute Gasteiger partial charge is 0.416 e. The quantitative estimate of drug-likeness (QED) is 0.910. The van der Waals surface area contributed by atoms with E-state index in [-0.39, 0.29) is 22.8 Å². The van der Waals surface area contributed by atoms with Crippen LogP contribution in [0.3, 0.4) is 0 Å². The van der Waals surface area contributed by atoms with Gasteiger partial charge >= 0.3 is 6.18 Å². The van der Waals surface area contributed by atoms with Crippen LogP contribution in [0, 0.1) is 11.3 Å². The van der Waals surface area contributed by atoms with Crippen molar-refractivity contribution in [2.24, 2.45) is 0 Å². The summed E-state index contributed by atoms with van der Waals surface area (Å²) in [7, 11) is -3.15. The molecule has 1 N–H and O–H groups in total. The van der Waals surface area contributed by atoms with Gasteiger partial charge in [0.15, 0.2) is 9.84 Å². The Morgan fingerprint density at radius 2 is 2.05 bits per heavy atom. The molecule has 0 aliphatic carbocycles. The molecule has 1 aliphatic rings. The van der Waals surface area contributed by atoms with Gasteiger partial charge in [-0.25, -0.2) is 8.42 Å². The highest BCUT2D eigenvalue weighted by atomic mass is 32.2. The van der Waals surface area contributed by atoms with Crippen LogP contribution >= 0.6 is 0 Å². The van der Waals surface area contributed by atoms with Crippen molar-refractivity contribution in [3.8, 4) is 6.07 Å². The third-order valence-corrected chi connectivity index (χ3v) is 5.31. The fourth-order valence-electron chi connectivity index (χ4n) is 2.36. The molecule has 0 spiro atoms. The highest BCUT2D eigenvalue weighted by Crippen LogP contribution is 2.34. The molecular formula is C13H13F3N2O2S. The van der Waals surface area contributed by atoms with Gasteiger partial charge in [0.05, 0.1) is 28.3 Å². The molecule has 2 rings (SSSR count). The number of nitrogens with one attached hydrogen (secondary N) is 1. The topological polar surface area (TPSA) is 70.0 Å². The first-order chi connectivity index (χ1) is 9.55. The fraction of sp³-hybridized carbons (Fsp3) is 0.462. The number of benzene rings is 1. The number of sulfone groups is 1. The number of halogens is 3. The molecule has 1 atom stereocenters. The number of nitriles is 1. The van der Waals surface area contributed by atoms with E-state index in [1.165, 1.54) is 0 Å². The lowest BCUT2D eigenvalue weighted by atomic mass is 10.00. The molecule has 114 valence electrons. The first-order valence-electron chi connectivity index (χ1n) is 6.15. The standard InChI is InChI=1S/C13H13F3N2O2S/c1-12(4-5-21(19,20)8-12)18-11-3-2-10(13(14,15)16)6-9(11)7-17/h2-3,6,18H,4-5,8H2,1H3. The van der Waals surface area contributed by atoms with E-state index in [4.69, 9.17) is 5.26 Å². The molecule has 0 aromatic heterocycles. The van der Waals surface area contributed by atoms with Crippen molar-refractivity contribution in [1.82, 2.24) is 0 Å². The maximum absolute atomic E-state index is 12.6. The van der Waals surface area contributed by atoms with Gasteiger partial charge in [0.1, 0.15) is 6.07 Å². The Balaban J connectivity index is 2.32. The molecule has 1 heterocycles. The van der Waals surface area contributed by atoms with E-state index in [0.717, 1.165) is 18.2 Å². The predicted octanol–water partition coefficient (Wildman–Crippen LogP) is 2.57. The van der Waals surface area contributed by atoms with Gasteiger partial charge in [0.2, 0.25) is 0 Å². The van der Waals surface area contributed by atoms with Crippen LogP contribution in [0.15, 0.2) is 18.2 Å². The normalized spacial score (nSPS) is 24.5. The smallest absolute Gasteiger partial charge is 0.378 e. The van der Waals surface area contributed by atoms with Crippen molar-refractivity contribution in [1.29, 1.82) is 5.26 Å². The SMILES string of the molecule is CC1(Nc2ccc(C(F)(F)F)cc2C#N)CCS(=O)(=O)C1. The van der Waals surface area contributed by atoms with Gasteiger partial charge in [0.25, 0.3) is 0 Å². The van der Waals surface area contributed by atoms with Crippen LogP contribution in [0.25, 0.3) is 0 Å². The minimum atomic E-state index is -4.52. The molecule has 1 fully saturated rings. The van der Waals surface area contributed by atoms with Crippen molar-refractivity contribution in [2.45, 2.75) is 25.1 Å². The first-order valence-corrected chi connectivity index (χ1v) is 7.97. The zero-order chi connectivity index (χ0) is 15.9. The Kier molecular flexibility index (Phi) is 3.66. The number of alkyl halides is 3. The molecule has 8 heteroatoms. The Labute approximate surface area is 120 Å². The molecule has 21 heavy (non-hydrogen) atoms. The monoisotopic (exact) mass is 318 g/mol. The number of anilines is 1. The highest BCUT2D eigenvalue weighted by Gasteiger charge is 2.39. The van der Waals surface area contributed by atoms with E-state index in [9.17, 15) is 21.6 Å². The average molecular weight is 318 g/mol. The number of hydrogen-bond acceptors (Lipinski definition) is 4. The van der Waals surface area contributed by atoms with Gasteiger partial charge in [-0.15, -0.1) is 0 Å². The van der Waals surface area contributed by atoms with Crippen molar-refractivity contribution < 1.29 is 21.6 Å². The van der Waals surface area contributed by atoms with Crippen LogP contribution in [-0.2, 0) is 16.0 Å². The number of nitrogens with zero attached hydrogens (tertiary/aromatic N) is 1. The van der Waals surface area contributed by atoms with Crippen LogP contribution in [0.4, 0.5) is 18.9 Å². The molecule has 1 aromatic rings. The van der Waals surface area contributed by atoms with Crippen LogP contribution in [0.1, 0.15) is 24.5 Å². The summed E-state index contributed by atoms with van der Waals surface area (Å²) in [6.45, 7) is 1.68. The second-order valence-electron chi connectivity index (χ2n) is 5.40. The van der Waals surface area contributed by atoms with Crippen LogP contribution in [0.2, 0.25) is 0 Å². The maximum Gasteiger partial charge on any atom is 0.416 e. The molecule has 1 aromatic carbocycles. The van der Waals surface area contributed by atoms with Crippen LogP contribution in [-0.4, -0.2) is 25.5 Å². The van der Waals surface area contributed by atoms with Crippen LogP contribution < -0.4 is 5.32 Å². The van der Waals surface area contributed by atoms with Crippen molar-refractivity contribution in [2.75, 3.05) is 16.8 Å². The summed E-state index contributed by atoms with van der Waals surface area (Å²) in [6.07, 6.45) is -4.17. The number of hydrogen-bond donors (Lipinski definition) is 1. The van der Waals surface area contributed by atoms with E-state index in [1.54, 1.807) is 13.0 Å². The Hall–Kier alpha value is -1.75. The van der Waals surface area contributed by atoms with E-state index in [1.807, 2.05) is 0 Å². The molecule has 0 radical (unpaired) electrons. The van der Waals surface area contributed by atoms with Gasteiger partial charge in [0, 0.05) is 5.54 Å². The lowest BCUT2D eigenvalue weighted by Crippen LogP contribution is -2.36. The molecule has 1 aliphatic heterocycles. The van der Waals surface area contributed by atoms with Gasteiger partial charge in [-0.3, -0.25) is 0 Å². The second kappa shape index (κ2) is 4.91. The summed E-state index contributed by atoms with van der Waals surface area (Å²) in [5.74, 6) is -0.0785. The molecule has 4 nitrogen and oxygen atoms in total. The Bertz CT molecular complexity index is 707. The van der Waals surface area contributed by atoms with E-state index in [0.29, 0.717) is 6.42 Å². The summed E-state index contributed by atoms with van der Waals surface area (Å²) in [4.78, 5) is 0. The van der Waals surface area contributed by atoms with Crippen LogP contribution in [0.5, 0.6) is 0 Å². The molecular weight excluding hydrogens is 305 g/mol. The summed E-state index contributed by atoms with van der Waals surface area (Å²) >= 11 is 0. The lowest BCUT2D eigenvalue weighted by Gasteiger charge is -2.26. The highest BCUT2D eigenvalue weighted by molar-refractivity contribution is 7.91. The summed E-state index contributed by atoms with van der Waals surface area (Å²) in [6, 6.07) is 4.50. The Morgan fingerprint density at radius 1 is 1.38 bits per heavy atom. The lowest BCUT2D eigenvalue weighted by molar-refractivity contribution is -0.137. The zero-order valence-electron chi connectivity index (χ0n) is 11.2. The number of rotatable bonds is 2. The van der Waals surface area contributed by atoms with Crippen molar-refractivity contribution >= 4 is 15.5 Å². The van der Waals surface area contributed by atoms with E-state index < -0.39 is 27.1 Å². The summed E-state index contributed by atoms with van der Waals surface area (Å²) in [5.41, 5.74) is -1.63. The fourth-order valence-corrected chi connectivity index (χ4v) is 4.45. The van der Waals surface area contributed by atoms with Gasteiger partial charge in [-0.2, -0.15) is 18.4 Å². The van der Waals surface area contributed by atoms with Crippen molar-refractivity contribution in [3.63, 3.8) is 0 Å². The molecule has 1 saturated heterocycles. The second-order valence-corrected chi connectivity index (χ2v) is 7.58. The molecule has 0 saturated carbocycles. The van der Waals surface area contributed by atoms with E-state index >= 15 is 0 Å². The minimum absolute atomic E-state index is 0.0268. The third-order valence-electron chi connectivity index (χ3n) is 3.41. The van der Waals surface area contributed by atoms with Crippen molar-refractivity contribution in [3.05, 3.63) is 29.3 Å². The zero-order valence-corrected chi connectivity index (χ0v) is 12.0. The minimum Gasteiger partial charge on any atom is -0.378 e. The molecule has 0 amide bonds. The first kappa shape index (κ1) is 15.6.